The molecular weight excluding hydrogens is 243 g/mol. The molecule has 102 valence electrons. The standard InChI is InChI=1S/C13H18F3NO/c1-4-17-9(2)10(3)18-12-8-6-5-7-11(12)13(14,15)16/h5-10,17H,4H2,1-3H3. The first-order valence-electron chi connectivity index (χ1n) is 5.92. The summed E-state index contributed by atoms with van der Waals surface area (Å²) in [5, 5.41) is 3.12. The van der Waals surface area contributed by atoms with Gasteiger partial charge in [0.25, 0.3) is 0 Å². The number of benzene rings is 1. The van der Waals surface area contributed by atoms with Crippen LogP contribution in [0.5, 0.6) is 5.75 Å². The SMILES string of the molecule is CCNC(C)C(C)Oc1ccccc1C(F)(F)F. The summed E-state index contributed by atoms with van der Waals surface area (Å²) in [5.74, 6) is -0.123. The van der Waals surface area contributed by atoms with Crippen molar-refractivity contribution in [3.63, 3.8) is 0 Å². The first-order chi connectivity index (χ1) is 8.36. The average Bonchev–Trinajstić information content (AvgIpc) is 2.28. The number of alkyl halides is 3. The maximum Gasteiger partial charge on any atom is 0.419 e. The molecule has 2 atom stereocenters. The molecule has 0 fully saturated rings. The molecule has 1 aromatic carbocycles. The van der Waals surface area contributed by atoms with Gasteiger partial charge < -0.3 is 10.1 Å². The normalized spacial score (nSPS) is 15.2. The number of halogens is 3. The third kappa shape index (κ3) is 3.91. The minimum Gasteiger partial charge on any atom is -0.488 e. The van der Waals surface area contributed by atoms with Gasteiger partial charge in [-0.25, -0.2) is 0 Å². The Kier molecular flexibility index (Phi) is 5.02. The molecule has 2 nitrogen and oxygen atoms in total. The van der Waals surface area contributed by atoms with Crippen LogP contribution in [0.1, 0.15) is 26.3 Å². The summed E-state index contributed by atoms with van der Waals surface area (Å²) in [6.07, 6.45) is -4.73. The molecule has 1 rings (SSSR count). The number of ether oxygens (including phenoxy) is 1. The van der Waals surface area contributed by atoms with E-state index in [0.717, 1.165) is 12.6 Å². The number of nitrogens with one attached hydrogen (secondary N) is 1. The summed E-state index contributed by atoms with van der Waals surface area (Å²) in [7, 11) is 0. The van der Waals surface area contributed by atoms with Crippen LogP contribution in [0.25, 0.3) is 0 Å². The fourth-order valence-corrected chi connectivity index (χ4v) is 1.59. The Morgan fingerprint density at radius 3 is 2.39 bits per heavy atom. The van der Waals surface area contributed by atoms with Crippen molar-refractivity contribution in [1.29, 1.82) is 0 Å². The predicted octanol–water partition coefficient (Wildman–Crippen LogP) is 3.47. The maximum absolute atomic E-state index is 12.8. The second-order valence-corrected chi connectivity index (χ2v) is 4.16. The van der Waals surface area contributed by atoms with Crippen molar-refractivity contribution in [2.45, 2.75) is 39.1 Å². The first kappa shape index (κ1) is 14.8. The number of para-hydroxylation sites is 1. The fraction of sp³-hybridized carbons (Fsp3) is 0.538. The van der Waals surface area contributed by atoms with Crippen LogP contribution >= 0.6 is 0 Å². The predicted molar refractivity (Wildman–Crippen MR) is 64.7 cm³/mol. The van der Waals surface area contributed by atoms with E-state index in [1.54, 1.807) is 6.92 Å². The summed E-state index contributed by atoms with van der Waals surface area (Å²) in [4.78, 5) is 0. The summed E-state index contributed by atoms with van der Waals surface area (Å²) >= 11 is 0. The molecule has 0 aliphatic rings. The van der Waals surface area contributed by atoms with Gasteiger partial charge in [-0.3, -0.25) is 0 Å². The zero-order chi connectivity index (χ0) is 13.8. The van der Waals surface area contributed by atoms with Gasteiger partial charge in [0.1, 0.15) is 11.9 Å². The molecule has 18 heavy (non-hydrogen) atoms. The van der Waals surface area contributed by atoms with Crippen molar-refractivity contribution in [2.75, 3.05) is 6.54 Å². The summed E-state index contributed by atoms with van der Waals surface area (Å²) in [5.41, 5.74) is -0.736. The maximum atomic E-state index is 12.8. The van der Waals surface area contributed by atoms with Crippen molar-refractivity contribution < 1.29 is 17.9 Å². The Hall–Kier alpha value is -1.23. The van der Waals surface area contributed by atoms with E-state index in [9.17, 15) is 13.2 Å². The van der Waals surface area contributed by atoms with Crippen LogP contribution in [0.3, 0.4) is 0 Å². The van der Waals surface area contributed by atoms with E-state index in [1.165, 1.54) is 18.2 Å². The first-order valence-corrected chi connectivity index (χ1v) is 5.92. The number of hydrogen-bond donors (Lipinski definition) is 1. The molecule has 1 N–H and O–H groups in total. The van der Waals surface area contributed by atoms with Crippen LogP contribution in [0, 0.1) is 0 Å². The zero-order valence-electron chi connectivity index (χ0n) is 10.7. The highest BCUT2D eigenvalue weighted by atomic mass is 19.4. The molecule has 0 spiro atoms. The van der Waals surface area contributed by atoms with Crippen LogP contribution < -0.4 is 10.1 Å². The number of rotatable bonds is 5. The van der Waals surface area contributed by atoms with Gasteiger partial charge in [-0.05, 0) is 32.5 Å². The van der Waals surface area contributed by atoms with Crippen LogP contribution in [0.2, 0.25) is 0 Å². The van der Waals surface area contributed by atoms with Gasteiger partial charge in [-0.15, -0.1) is 0 Å². The topological polar surface area (TPSA) is 21.3 Å². The van der Waals surface area contributed by atoms with Crippen molar-refractivity contribution in [3.8, 4) is 5.75 Å². The molecule has 0 aromatic heterocycles. The van der Waals surface area contributed by atoms with Gasteiger partial charge in [0.2, 0.25) is 0 Å². The van der Waals surface area contributed by atoms with Crippen LogP contribution in [0.15, 0.2) is 24.3 Å². The van der Waals surface area contributed by atoms with Gasteiger partial charge in [0.15, 0.2) is 0 Å². The molecule has 0 saturated carbocycles. The van der Waals surface area contributed by atoms with Crippen LogP contribution in [0.4, 0.5) is 13.2 Å². The second-order valence-electron chi connectivity index (χ2n) is 4.16. The van der Waals surface area contributed by atoms with Gasteiger partial charge in [-0.1, -0.05) is 19.1 Å². The molecule has 0 aliphatic heterocycles. The van der Waals surface area contributed by atoms with Crippen molar-refractivity contribution >= 4 is 0 Å². The lowest BCUT2D eigenvalue weighted by Gasteiger charge is -2.24. The smallest absolute Gasteiger partial charge is 0.419 e. The Labute approximate surface area is 105 Å². The minimum atomic E-state index is -4.39. The van der Waals surface area contributed by atoms with E-state index in [2.05, 4.69) is 5.32 Å². The summed E-state index contributed by atoms with van der Waals surface area (Å²) in [6.45, 7) is 6.31. The third-order valence-corrected chi connectivity index (χ3v) is 2.74. The van der Waals surface area contributed by atoms with Gasteiger partial charge in [0.05, 0.1) is 5.56 Å². The Bertz CT molecular complexity index is 379. The van der Waals surface area contributed by atoms with E-state index in [1.807, 2.05) is 13.8 Å². The minimum absolute atomic E-state index is 0.0173. The fourth-order valence-electron chi connectivity index (χ4n) is 1.59. The van der Waals surface area contributed by atoms with Crippen LogP contribution in [-0.4, -0.2) is 18.7 Å². The highest BCUT2D eigenvalue weighted by Gasteiger charge is 2.34. The molecule has 0 saturated heterocycles. The van der Waals surface area contributed by atoms with E-state index in [-0.39, 0.29) is 17.9 Å². The second kappa shape index (κ2) is 6.09. The molecule has 5 heteroatoms. The number of hydrogen-bond acceptors (Lipinski definition) is 2. The molecular formula is C13H18F3NO. The summed E-state index contributed by atoms with van der Waals surface area (Å²) in [6, 6.07) is 5.25. The van der Waals surface area contributed by atoms with Crippen molar-refractivity contribution in [1.82, 2.24) is 5.32 Å². The highest BCUT2D eigenvalue weighted by molar-refractivity contribution is 5.35. The molecule has 0 heterocycles. The Morgan fingerprint density at radius 1 is 1.22 bits per heavy atom. The molecule has 2 unspecified atom stereocenters. The highest BCUT2D eigenvalue weighted by Crippen LogP contribution is 2.36. The van der Waals surface area contributed by atoms with E-state index in [0.29, 0.717) is 0 Å². The van der Waals surface area contributed by atoms with Gasteiger partial charge >= 0.3 is 6.18 Å². The molecule has 0 amide bonds. The average molecular weight is 261 g/mol. The lowest BCUT2D eigenvalue weighted by Crippen LogP contribution is -2.39. The molecule has 0 radical (unpaired) electrons. The Morgan fingerprint density at radius 2 is 1.83 bits per heavy atom. The number of likely N-dealkylation sites (N-methyl/N-ethyl adjacent to an activating group) is 1. The van der Waals surface area contributed by atoms with E-state index < -0.39 is 11.7 Å². The molecule has 0 aliphatic carbocycles. The molecule has 1 aromatic rings. The van der Waals surface area contributed by atoms with E-state index >= 15 is 0 Å². The van der Waals surface area contributed by atoms with Gasteiger partial charge in [-0.2, -0.15) is 13.2 Å². The van der Waals surface area contributed by atoms with Gasteiger partial charge in [0, 0.05) is 6.04 Å². The largest absolute Gasteiger partial charge is 0.488 e. The monoisotopic (exact) mass is 261 g/mol. The third-order valence-electron chi connectivity index (χ3n) is 2.74. The van der Waals surface area contributed by atoms with Crippen molar-refractivity contribution in [3.05, 3.63) is 29.8 Å². The molecule has 0 bridgehead atoms. The summed E-state index contributed by atoms with van der Waals surface area (Å²) < 4.78 is 43.7. The quantitative estimate of drug-likeness (QED) is 0.876. The van der Waals surface area contributed by atoms with Crippen LogP contribution in [-0.2, 0) is 6.18 Å². The van der Waals surface area contributed by atoms with E-state index in [4.69, 9.17) is 4.74 Å². The van der Waals surface area contributed by atoms with Crippen molar-refractivity contribution in [2.24, 2.45) is 0 Å². The Balaban J connectivity index is 2.85. The lowest BCUT2D eigenvalue weighted by atomic mass is 10.1. The zero-order valence-corrected chi connectivity index (χ0v) is 10.7. The lowest BCUT2D eigenvalue weighted by molar-refractivity contribution is -0.139.